The van der Waals surface area contributed by atoms with Crippen molar-refractivity contribution >= 4 is 39.8 Å². The van der Waals surface area contributed by atoms with E-state index in [1.54, 1.807) is 108 Å². The van der Waals surface area contributed by atoms with Gasteiger partial charge in [-0.2, -0.15) is 0 Å². The van der Waals surface area contributed by atoms with Gasteiger partial charge in [-0.15, -0.1) is 13.2 Å². The molecule has 8 rings (SSSR count). The summed E-state index contributed by atoms with van der Waals surface area (Å²) in [4.78, 5) is 14.6. The van der Waals surface area contributed by atoms with Crippen LogP contribution in [0.5, 0.6) is 5.75 Å². The van der Waals surface area contributed by atoms with Crippen LogP contribution in [-0.4, -0.2) is 77.5 Å². The van der Waals surface area contributed by atoms with E-state index >= 15 is 0 Å². The number of aromatic hydroxyl groups is 1. The number of rotatable bonds is 14. The summed E-state index contributed by atoms with van der Waals surface area (Å²) in [7, 11) is 5.52. The number of nitro benzene ring substituents is 1. The van der Waals surface area contributed by atoms with Gasteiger partial charge in [0.05, 0.1) is 54.0 Å². The molecule has 0 unspecified atom stereocenters. The Morgan fingerprint density at radius 2 is 1.22 bits per heavy atom. The van der Waals surface area contributed by atoms with E-state index in [0.29, 0.717) is 32.0 Å². The quantitative estimate of drug-likeness (QED) is 0.0250. The Labute approximate surface area is 452 Å². The van der Waals surface area contributed by atoms with Crippen molar-refractivity contribution in [1.82, 2.24) is 0 Å². The molecule has 3 aromatic carbocycles. The van der Waals surface area contributed by atoms with Crippen LogP contribution in [-0.2, 0) is 34.6 Å². The van der Waals surface area contributed by atoms with E-state index in [2.05, 4.69) is 72.7 Å². The summed E-state index contributed by atoms with van der Waals surface area (Å²) in [6.45, 7) is 18.7. The number of halogens is 1. The second-order valence-electron chi connectivity index (χ2n) is 18.7. The summed E-state index contributed by atoms with van der Waals surface area (Å²) < 4.78 is 22.7. The third kappa shape index (κ3) is 26.2. The first-order chi connectivity index (χ1) is 35.7. The summed E-state index contributed by atoms with van der Waals surface area (Å²) in [6, 6.07) is 19.8. The molecule has 0 radical (unpaired) electrons. The molecule has 401 valence electrons. The molecule has 12 heteroatoms. The van der Waals surface area contributed by atoms with Crippen molar-refractivity contribution in [1.29, 1.82) is 0 Å². The van der Waals surface area contributed by atoms with E-state index in [9.17, 15) is 15.2 Å². The van der Waals surface area contributed by atoms with Gasteiger partial charge in [-0.1, -0.05) is 81.7 Å². The number of phenols is 1. The van der Waals surface area contributed by atoms with Crippen molar-refractivity contribution in [2.45, 2.75) is 160 Å². The third-order valence-electron chi connectivity index (χ3n) is 12.8. The van der Waals surface area contributed by atoms with Crippen molar-refractivity contribution in [3.05, 3.63) is 148 Å². The average Bonchev–Trinajstić information content (AvgIpc) is 4.17. The van der Waals surface area contributed by atoms with Gasteiger partial charge in [0, 0.05) is 44.7 Å². The van der Waals surface area contributed by atoms with E-state index in [0.717, 1.165) is 54.4 Å². The van der Waals surface area contributed by atoms with E-state index in [4.69, 9.17) is 28.6 Å². The van der Waals surface area contributed by atoms with Crippen LogP contribution >= 0.6 is 17.6 Å². The normalized spacial score (nSPS) is 16.7. The van der Waals surface area contributed by atoms with Gasteiger partial charge in [-0.3, -0.25) is 15.1 Å². The Kier molecular flexibility index (Phi) is 34.7. The second kappa shape index (κ2) is 40.1. The molecule has 3 saturated carbocycles. The third-order valence-corrected chi connectivity index (χ3v) is 18.6. The van der Waals surface area contributed by atoms with Gasteiger partial charge in [0.15, 0.2) is 11.5 Å². The summed E-state index contributed by atoms with van der Waals surface area (Å²) in [6.07, 6.45) is 36.1. The number of non-ortho nitro benzene ring substituents is 1. The Bertz CT molecular complexity index is 2100. The van der Waals surface area contributed by atoms with Crippen molar-refractivity contribution in [3.63, 3.8) is 0 Å². The molecule has 5 aliphatic rings. The molecule has 3 fully saturated rings. The topological polar surface area (TPSA) is 113 Å². The molecule has 0 saturated heterocycles. The zero-order chi connectivity index (χ0) is 52.7. The van der Waals surface area contributed by atoms with Crippen molar-refractivity contribution in [3.8, 4) is 17.6 Å². The Hall–Kier alpha value is -4.22. The molecule has 0 spiro atoms. The molecule has 0 bridgehead atoms. The SMILES string of the molecule is C1=C(C2=CCCO2)OCC1.C1CCC([PH+](C2CCCCC2)C2CCCCC2)CC1.C=CCOCC#CCOCC=C.CCC.Cc1cccc(C)c1N=Cc1cc([N+](=O)[O-])ccc1O.[Cl][Ru]=[CH]c1ccccc1. The second-order valence-corrected chi connectivity index (χ2v) is 23.9. The molecule has 2 heterocycles. The van der Waals surface area contributed by atoms with Gasteiger partial charge in [-0.05, 0) is 120 Å². The van der Waals surface area contributed by atoms with Gasteiger partial charge in [0.2, 0.25) is 0 Å². The number of hydrogen-bond donors (Lipinski definition) is 1. The van der Waals surface area contributed by atoms with Crippen LogP contribution in [0.3, 0.4) is 0 Å². The predicted octanol–water partition coefficient (Wildman–Crippen LogP) is 16.3. The Balaban J connectivity index is 0.000000245. The number of aliphatic imine (C=N–C) groups is 1. The number of nitro groups is 1. The molecule has 0 amide bonds. The van der Waals surface area contributed by atoms with Crippen LogP contribution in [0.2, 0.25) is 0 Å². The molecule has 2 aliphatic heterocycles. The number of benzene rings is 3. The van der Waals surface area contributed by atoms with Crippen LogP contribution in [0, 0.1) is 35.8 Å². The maximum atomic E-state index is 10.7. The summed E-state index contributed by atoms with van der Waals surface area (Å²) in [5.74, 6) is 7.45. The fraction of sp³-hybridized carbons (Fsp3) is 0.508. The van der Waals surface area contributed by atoms with Crippen molar-refractivity contribution in [2.24, 2.45) is 4.99 Å². The molecule has 9 nitrogen and oxygen atoms in total. The summed E-state index contributed by atoms with van der Waals surface area (Å²) >= 11 is -0.0765. The van der Waals surface area contributed by atoms with E-state index in [1.807, 2.05) is 50.2 Å². The minimum absolute atomic E-state index is 0.0365. The first-order valence-electron chi connectivity index (χ1n) is 26.7. The fourth-order valence-electron chi connectivity index (χ4n) is 9.44. The van der Waals surface area contributed by atoms with Crippen LogP contribution in [0.15, 0.2) is 121 Å². The van der Waals surface area contributed by atoms with E-state index in [-0.39, 0.29) is 35.0 Å². The number of aryl methyl sites for hydroxylation is 2. The van der Waals surface area contributed by atoms with Gasteiger partial charge in [0.1, 0.15) is 19.0 Å². The van der Waals surface area contributed by atoms with Crippen LogP contribution < -0.4 is 0 Å². The molecular formula is C61H86ClN2O7PRu+. The number of ether oxygens (including phenoxy) is 4. The van der Waals surface area contributed by atoms with Gasteiger partial charge in [0.25, 0.3) is 5.69 Å². The standard InChI is InChI=1S/C18H33P.C15H14N2O3.C10H14O2.C8H10O2.C7H6.C3H8.ClH.Ru/c1-4-10-16(11-5-1)19(17-12-6-2-7-13-17)18-14-8-3-9-15-18;1-10-4-3-5-11(2)15(10)16-9-12-8-13(17(19)20)6-7-14(12)18;1-3-7-11-9-5-6-10-12-8-4-2;1-3-7(9-5-1)8-4-2-6-10-8;1-7-5-3-2-4-6-7;1-3-2;;/h16-18H,1-15H2;3-9,18H,1-2H3;3-4H,1-2,7-10H2;3-4H,1-2,5-6H2;1-6H;3H2,1-2H3;1H;/q;;;;;;;+1. The van der Waals surface area contributed by atoms with Crippen molar-refractivity contribution < 1.29 is 44.7 Å². The number of hydrogen-bond acceptors (Lipinski definition) is 8. The summed E-state index contributed by atoms with van der Waals surface area (Å²) in [5.41, 5.74) is 7.97. The average molecular weight is 1130 g/mol. The number of para-hydroxylation sites is 1. The van der Waals surface area contributed by atoms with Gasteiger partial charge < -0.3 is 24.1 Å². The number of nitrogens with zero attached hydrogens (tertiary/aromatic N) is 2. The molecule has 1 N–H and O–H groups in total. The molecule has 3 aliphatic carbocycles. The molecule has 73 heavy (non-hydrogen) atoms. The molecule has 0 aromatic heterocycles. The maximum absolute atomic E-state index is 10.7. The van der Waals surface area contributed by atoms with Crippen molar-refractivity contribution in [2.75, 3.05) is 39.6 Å². The summed E-state index contributed by atoms with van der Waals surface area (Å²) in [5, 5.41) is 20.4. The Morgan fingerprint density at radius 1 is 0.753 bits per heavy atom. The van der Waals surface area contributed by atoms with Gasteiger partial charge >= 0.3 is 65.9 Å². The fourth-order valence-corrected chi connectivity index (χ4v) is 15.7. The predicted molar refractivity (Wildman–Crippen MR) is 307 cm³/mol. The zero-order valence-corrected chi connectivity index (χ0v) is 47.9. The van der Waals surface area contributed by atoms with Crippen LogP contribution in [0.4, 0.5) is 11.4 Å². The van der Waals surface area contributed by atoms with Crippen LogP contribution in [0.25, 0.3) is 0 Å². The zero-order valence-electron chi connectivity index (χ0n) is 44.5. The molecular weight excluding hydrogens is 1040 g/mol. The monoisotopic (exact) mass is 1130 g/mol. The Morgan fingerprint density at radius 3 is 1.62 bits per heavy atom. The van der Waals surface area contributed by atoms with E-state index < -0.39 is 4.92 Å². The molecule has 0 atom stereocenters. The molecule has 3 aromatic rings. The number of phenolic OH excluding ortho intramolecular Hbond substituents is 1. The minimum atomic E-state index is -0.504. The first kappa shape index (κ1) is 63.1. The van der Waals surface area contributed by atoms with Gasteiger partial charge in [-0.25, -0.2) is 0 Å². The first-order valence-corrected chi connectivity index (χ1v) is 31.7. The van der Waals surface area contributed by atoms with E-state index in [1.165, 1.54) is 53.4 Å². The van der Waals surface area contributed by atoms with Crippen LogP contribution in [0.1, 0.15) is 152 Å².